The number of rotatable bonds is 6. The Labute approximate surface area is 210 Å². The molecule has 3 aliphatic rings. The van der Waals surface area contributed by atoms with E-state index in [1.807, 2.05) is 4.90 Å². The largest absolute Gasteiger partial charge is 0.507 e. The van der Waals surface area contributed by atoms with Crippen LogP contribution in [0.2, 0.25) is 0 Å². The second-order valence-corrected chi connectivity index (χ2v) is 10.0. The van der Waals surface area contributed by atoms with Gasteiger partial charge in [0.15, 0.2) is 11.6 Å². The zero-order chi connectivity index (χ0) is 26.6. The van der Waals surface area contributed by atoms with Crippen LogP contribution < -0.4 is 10.2 Å². The van der Waals surface area contributed by atoms with Crippen molar-refractivity contribution >= 4 is 17.6 Å². The highest BCUT2D eigenvalue weighted by molar-refractivity contribution is 7.98. The maximum Gasteiger partial charge on any atom is 0.185 e. The Kier molecular flexibility index (Phi) is 4.97. The number of hydrogen-bond acceptors (Lipinski definition) is 8. The van der Waals surface area contributed by atoms with Crippen LogP contribution in [0.5, 0.6) is 5.75 Å². The summed E-state index contributed by atoms with van der Waals surface area (Å²) in [4.78, 5) is 10.3. The van der Waals surface area contributed by atoms with Gasteiger partial charge in [-0.3, -0.25) is 0 Å². The Hall–Kier alpha value is -2.85. The van der Waals surface area contributed by atoms with E-state index in [0.717, 1.165) is 38.3 Å². The van der Waals surface area contributed by atoms with E-state index in [-0.39, 0.29) is 40.3 Å². The molecule has 10 heteroatoms. The Morgan fingerprint density at radius 3 is 2.74 bits per heavy atom. The summed E-state index contributed by atoms with van der Waals surface area (Å²) >= 11 is 0.547. The molecule has 7 nitrogen and oxygen atoms in total. The minimum atomic E-state index is -2.32. The molecule has 2 aliphatic heterocycles. The molecular formula is C25H26F2N6OS. The summed E-state index contributed by atoms with van der Waals surface area (Å²) in [5, 5.41) is 22.8. The van der Waals surface area contributed by atoms with Crippen LogP contribution in [0.15, 0.2) is 41.7 Å². The quantitative estimate of drug-likeness (QED) is 0.484. The smallest absolute Gasteiger partial charge is 0.185 e. The predicted molar refractivity (Wildman–Crippen MR) is 131 cm³/mol. The third-order valence-corrected chi connectivity index (χ3v) is 7.58. The van der Waals surface area contributed by atoms with Crippen LogP contribution in [0.25, 0.3) is 22.5 Å². The molecule has 182 valence electrons. The average molecular weight is 500 g/mol. The monoisotopic (exact) mass is 499 g/mol. The molecule has 2 aromatic heterocycles. The summed E-state index contributed by atoms with van der Waals surface area (Å²) in [6, 6.07) is 6.01. The fourth-order valence-electron chi connectivity index (χ4n) is 5.32. The molecule has 4 heterocycles. The summed E-state index contributed by atoms with van der Waals surface area (Å²) in [6.45, 7) is 0. The van der Waals surface area contributed by atoms with Crippen LogP contribution in [-0.4, -0.2) is 61.8 Å². The molecule has 1 aliphatic carbocycles. The van der Waals surface area contributed by atoms with Gasteiger partial charge in [0.05, 0.1) is 29.0 Å². The van der Waals surface area contributed by atoms with E-state index in [1.165, 1.54) is 12.1 Å². The molecule has 0 amide bonds. The molecule has 4 atom stereocenters. The summed E-state index contributed by atoms with van der Waals surface area (Å²) in [6.07, 6.45) is 3.75. The van der Waals surface area contributed by atoms with Crippen molar-refractivity contribution in [2.75, 3.05) is 11.1 Å². The van der Waals surface area contributed by atoms with Gasteiger partial charge in [-0.1, -0.05) is 6.07 Å². The lowest BCUT2D eigenvalue weighted by Gasteiger charge is -2.40. The zero-order valence-corrected chi connectivity index (χ0v) is 19.6. The number of nitrogens with one attached hydrogen (secondary N) is 1. The van der Waals surface area contributed by atoms with Gasteiger partial charge >= 0.3 is 0 Å². The lowest BCUT2D eigenvalue weighted by Crippen LogP contribution is -2.57. The SMILES string of the molecule is [2H]C([2H])([2H])Sc1cc(-c2ccc(-c3ncc(N(C4CC4)[C@H]4C[C@@H]5CC[C@H](N5)[C@H]4F)nn3)c(O)c2)c(F)cn1. The van der Waals surface area contributed by atoms with Crippen LogP contribution in [-0.2, 0) is 0 Å². The zero-order valence-electron chi connectivity index (χ0n) is 21.7. The van der Waals surface area contributed by atoms with Crippen LogP contribution >= 0.6 is 11.8 Å². The third kappa shape index (κ3) is 4.23. The van der Waals surface area contributed by atoms with Crippen LogP contribution in [0.1, 0.15) is 36.2 Å². The molecule has 0 unspecified atom stereocenters. The summed E-state index contributed by atoms with van der Waals surface area (Å²) in [5.41, 5.74) is 0.762. The first-order chi connectivity index (χ1) is 18.2. The number of pyridine rings is 1. The molecule has 3 fully saturated rings. The molecule has 2 bridgehead atoms. The first kappa shape index (κ1) is 19.4. The van der Waals surface area contributed by atoms with Crippen LogP contribution in [0, 0.1) is 5.82 Å². The minimum absolute atomic E-state index is 0.111. The summed E-state index contributed by atoms with van der Waals surface area (Å²) < 4.78 is 52.0. The number of phenols is 1. The second-order valence-electron chi connectivity index (χ2n) is 9.41. The highest BCUT2D eigenvalue weighted by Crippen LogP contribution is 2.40. The molecule has 1 aromatic carbocycles. The van der Waals surface area contributed by atoms with E-state index in [4.69, 9.17) is 4.11 Å². The topological polar surface area (TPSA) is 87.1 Å². The maximum absolute atomic E-state index is 15.3. The molecule has 0 radical (unpaired) electrons. The molecule has 3 aromatic rings. The Morgan fingerprint density at radius 2 is 2.00 bits per heavy atom. The highest BCUT2D eigenvalue weighted by atomic mass is 32.2. The molecule has 35 heavy (non-hydrogen) atoms. The van der Waals surface area contributed by atoms with Gasteiger partial charge in [0.1, 0.15) is 17.7 Å². The van der Waals surface area contributed by atoms with Crippen LogP contribution in [0.3, 0.4) is 0 Å². The van der Waals surface area contributed by atoms with E-state index < -0.39 is 18.2 Å². The van der Waals surface area contributed by atoms with Crippen molar-refractivity contribution < 1.29 is 18.0 Å². The molecule has 2 N–H and O–H groups in total. The average Bonchev–Trinajstić information content (AvgIpc) is 3.62. The minimum Gasteiger partial charge on any atom is -0.507 e. The highest BCUT2D eigenvalue weighted by Gasteiger charge is 2.48. The molecular weight excluding hydrogens is 470 g/mol. The van der Waals surface area contributed by atoms with Gasteiger partial charge in [-0.2, -0.15) is 0 Å². The number of aromatic hydroxyl groups is 1. The number of hydrogen-bond donors (Lipinski definition) is 2. The second kappa shape index (κ2) is 8.98. The number of phenolic OH excluding ortho intramolecular Hbond substituents is 1. The molecule has 2 saturated heterocycles. The Balaban J connectivity index is 1.25. The van der Waals surface area contributed by atoms with E-state index >= 15 is 4.39 Å². The van der Waals surface area contributed by atoms with E-state index in [9.17, 15) is 9.50 Å². The maximum atomic E-state index is 15.3. The van der Waals surface area contributed by atoms with Crippen molar-refractivity contribution in [3.63, 3.8) is 0 Å². The first-order valence-electron chi connectivity index (χ1n) is 13.2. The van der Waals surface area contributed by atoms with Gasteiger partial charge in [0.25, 0.3) is 0 Å². The van der Waals surface area contributed by atoms with E-state index in [1.54, 1.807) is 18.3 Å². The lowest BCUT2D eigenvalue weighted by atomic mass is 9.96. The number of aromatic nitrogens is 4. The number of piperidine rings is 1. The van der Waals surface area contributed by atoms with Crippen molar-refractivity contribution in [3.05, 3.63) is 42.5 Å². The Morgan fingerprint density at radius 1 is 1.11 bits per heavy atom. The van der Waals surface area contributed by atoms with Crippen LogP contribution in [0.4, 0.5) is 14.6 Å². The van der Waals surface area contributed by atoms with Gasteiger partial charge in [-0.25, -0.2) is 18.7 Å². The normalized spacial score (nSPS) is 27.2. The van der Waals surface area contributed by atoms with Crippen molar-refractivity contribution in [3.8, 4) is 28.3 Å². The number of nitrogens with zero attached hydrogens (tertiary/aromatic N) is 5. The standard InChI is InChI=1S/C25H26F2N6OS/c1-35-23-10-17(18(26)11-28-23)13-2-6-16(21(34)8-13)25-29-12-22(31-32-25)33(15-4-5-15)20-9-14-3-7-19(30-14)24(20)27/h2,6,8,10-12,14-15,19-20,24,30,34H,3-5,7,9H2,1H3/t14-,19-,20-,24+/m0/s1/i1D3. The van der Waals surface area contributed by atoms with Gasteiger partial charge < -0.3 is 15.3 Å². The fraction of sp³-hybridized carbons (Fsp3) is 0.440. The number of anilines is 1. The first-order valence-corrected chi connectivity index (χ1v) is 12.5. The lowest BCUT2D eigenvalue weighted by molar-refractivity contribution is 0.171. The van der Waals surface area contributed by atoms with Gasteiger partial charge in [-0.05, 0) is 62.1 Å². The van der Waals surface area contributed by atoms with Gasteiger partial charge in [0.2, 0.25) is 0 Å². The number of fused-ring (bicyclic) bond motifs is 2. The fourth-order valence-corrected chi connectivity index (χ4v) is 5.60. The van der Waals surface area contributed by atoms with Crippen molar-refractivity contribution in [2.24, 2.45) is 0 Å². The van der Waals surface area contributed by atoms with Gasteiger partial charge in [-0.15, -0.1) is 22.0 Å². The molecule has 0 spiro atoms. The van der Waals surface area contributed by atoms with E-state index in [2.05, 4.69) is 25.5 Å². The molecule has 6 rings (SSSR count). The van der Waals surface area contributed by atoms with Crippen molar-refractivity contribution in [1.29, 1.82) is 0 Å². The number of halogens is 2. The van der Waals surface area contributed by atoms with Crippen molar-refractivity contribution in [2.45, 2.75) is 67.5 Å². The number of alkyl halides is 1. The van der Waals surface area contributed by atoms with E-state index in [0.29, 0.717) is 34.7 Å². The molecule has 1 saturated carbocycles. The Bertz CT molecular complexity index is 1340. The predicted octanol–water partition coefficient (Wildman–Crippen LogP) is 4.37. The summed E-state index contributed by atoms with van der Waals surface area (Å²) in [7, 11) is 0. The number of thioether (sulfide) groups is 1. The third-order valence-electron chi connectivity index (χ3n) is 7.15. The number of benzene rings is 1. The summed E-state index contributed by atoms with van der Waals surface area (Å²) in [5.74, 6) is -0.118. The van der Waals surface area contributed by atoms with Crippen molar-refractivity contribution in [1.82, 2.24) is 25.5 Å². The van der Waals surface area contributed by atoms with Gasteiger partial charge in [0, 0.05) is 27.8 Å².